The van der Waals surface area contributed by atoms with Crippen LogP contribution in [0.4, 0.5) is 0 Å². The fourth-order valence-corrected chi connectivity index (χ4v) is 2.06. The van der Waals surface area contributed by atoms with E-state index in [0.717, 1.165) is 4.90 Å². The predicted octanol–water partition coefficient (Wildman–Crippen LogP) is -0.974. The normalized spacial score (nSPS) is 16.0. The lowest BCUT2D eigenvalue weighted by molar-refractivity contribution is 0.0374. The van der Waals surface area contributed by atoms with Gasteiger partial charge in [-0.05, 0) is 0 Å². The number of nitrogens with zero attached hydrogens (tertiary/aromatic N) is 9. The van der Waals surface area contributed by atoms with E-state index in [-0.39, 0.29) is 19.8 Å². The second kappa shape index (κ2) is 7.30. The molecule has 0 bridgehead atoms. The highest BCUT2D eigenvalue weighted by Crippen LogP contribution is 2.16. The van der Waals surface area contributed by atoms with Crippen LogP contribution in [-0.4, -0.2) is 52.6 Å². The lowest BCUT2D eigenvalue weighted by atomic mass is 10.1. The maximum Gasteiger partial charge on any atom is 0.194 e. The van der Waals surface area contributed by atoms with Crippen LogP contribution in [0.3, 0.4) is 0 Å². The fourth-order valence-electron chi connectivity index (χ4n) is 2.06. The van der Waals surface area contributed by atoms with Gasteiger partial charge in [0.1, 0.15) is 0 Å². The smallest absolute Gasteiger partial charge is 0.194 e. The Labute approximate surface area is 121 Å². The number of rotatable bonds is 3. The van der Waals surface area contributed by atoms with Gasteiger partial charge in [-0.3, -0.25) is 9.80 Å². The molecule has 9 heteroatoms. The Bertz CT molecular complexity index is 490. The summed E-state index contributed by atoms with van der Waals surface area (Å²) in [5.41, 5.74) is 0. The van der Waals surface area contributed by atoms with Gasteiger partial charge < -0.3 is 0 Å². The van der Waals surface area contributed by atoms with Crippen molar-refractivity contribution in [3.8, 4) is 36.7 Å². The molecule has 0 saturated carbocycles. The Balaban J connectivity index is 3.06. The monoisotopic (exact) mass is 279 g/mol. The highest BCUT2D eigenvalue weighted by molar-refractivity contribution is 5.13. The summed E-state index contributed by atoms with van der Waals surface area (Å²) >= 11 is 0. The van der Waals surface area contributed by atoms with Crippen molar-refractivity contribution in [3.63, 3.8) is 0 Å². The molecule has 0 radical (unpaired) electrons. The van der Waals surface area contributed by atoms with Gasteiger partial charge in [-0.25, -0.2) is 4.90 Å². The summed E-state index contributed by atoms with van der Waals surface area (Å²) in [6.45, 7) is 0.360. The highest BCUT2D eigenvalue weighted by Gasteiger charge is 2.36. The van der Waals surface area contributed by atoms with Gasteiger partial charge in [-0.15, -0.1) is 0 Å². The first-order valence-electron chi connectivity index (χ1n) is 5.80. The molecule has 102 valence electrons. The van der Waals surface area contributed by atoms with Gasteiger partial charge in [-0.1, -0.05) is 0 Å². The minimum Gasteiger partial charge on any atom is -0.261 e. The molecule has 1 saturated heterocycles. The van der Waals surface area contributed by atoms with Crippen LogP contribution in [-0.2, 0) is 0 Å². The molecular formula is C12H9N9. The van der Waals surface area contributed by atoms with E-state index in [4.69, 9.17) is 31.6 Å². The van der Waals surface area contributed by atoms with Crippen molar-refractivity contribution in [2.75, 3.05) is 19.8 Å². The molecule has 1 aliphatic rings. The first kappa shape index (κ1) is 15.7. The Morgan fingerprint density at radius 1 is 0.762 bits per heavy atom. The van der Waals surface area contributed by atoms with Crippen molar-refractivity contribution in [2.45, 2.75) is 18.1 Å². The Morgan fingerprint density at radius 3 is 1.43 bits per heavy atom. The maximum atomic E-state index is 8.95. The van der Waals surface area contributed by atoms with Crippen LogP contribution in [0.5, 0.6) is 0 Å². The number of nitriles is 6. The molecular weight excluding hydrogens is 270 g/mol. The molecule has 9 nitrogen and oxygen atoms in total. The van der Waals surface area contributed by atoms with Gasteiger partial charge in [-0.2, -0.15) is 31.6 Å². The largest absolute Gasteiger partial charge is 0.261 e. The van der Waals surface area contributed by atoms with Crippen LogP contribution >= 0.6 is 0 Å². The third-order valence-electron chi connectivity index (χ3n) is 3.05. The second-order valence-corrected chi connectivity index (χ2v) is 4.23. The summed E-state index contributed by atoms with van der Waals surface area (Å²) < 4.78 is 0. The summed E-state index contributed by atoms with van der Waals surface area (Å²) in [4.78, 5) is 3.69. The van der Waals surface area contributed by atoms with Crippen LogP contribution in [0.15, 0.2) is 0 Å². The molecule has 1 heterocycles. The van der Waals surface area contributed by atoms with Crippen molar-refractivity contribution in [1.29, 1.82) is 31.6 Å². The SMILES string of the molecule is N#CC(C#N)N1CC(N(C#N)C#N)CN(C(C#N)C#N)C1. The molecule has 0 amide bonds. The zero-order valence-electron chi connectivity index (χ0n) is 10.9. The average Bonchev–Trinajstić information content (AvgIpc) is 2.51. The summed E-state index contributed by atoms with van der Waals surface area (Å²) in [5.74, 6) is 0. The van der Waals surface area contributed by atoms with E-state index in [2.05, 4.69) is 0 Å². The Morgan fingerprint density at radius 2 is 1.14 bits per heavy atom. The first-order chi connectivity index (χ1) is 10.1. The number of hydrogen-bond donors (Lipinski definition) is 0. The van der Waals surface area contributed by atoms with Gasteiger partial charge in [0.2, 0.25) is 0 Å². The Kier molecular flexibility index (Phi) is 5.46. The Hall–Kier alpha value is -3.34. The summed E-state index contributed by atoms with van der Waals surface area (Å²) in [5, 5.41) is 53.6. The topological polar surface area (TPSA) is 152 Å². The van der Waals surface area contributed by atoms with E-state index >= 15 is 0 Å². The average molecular weight is 279 g/mol. The van der Waals surface area contributed by atoms with Crippen molar-refractivity contribution in [1.82, 2.24) is 14.7 Å². The van der Waals surface area contributed by atoms with Crippen molar-refractivity contribution in [3.05, 3.63) is 0 Å². The summed E-state index contributed by atoms with van der Waals surface area (Å²) in [6.07, 6.45) is 3.40. The van der Waals surface area contributed by atoms with Crippen molar-refractivity contribution >= 4 is 0 Å². The summed E-state index contributed by atoms with van der Waals surface area (Å²) in [7, 11) is 0. The van der Waals surface area contributed by atoms with Gasteiger partial charge in [0.15, 0.2) is 24.5 Å². The minimum atomic E-state index is -1.08. The molecule has 1 rings (SSSR count). The molecule has 0 aromatic heterocycles. The van der Waals surface area contributed by atoms with E-state index in [9.17, 15) is 0 Å². The molecule has 0 aliphatic carbocycles. The van der Waals surface area contributed by atoms with Gasteiger partial charge in [0.05, 0.1) is 37.0 Å². The second-order valence-electron chi connectivity index (χ2n) is 4.23. The van der Waals surface area contributed by atoms with E-state index in [1.165, 1.54) is 9.80 Å². The van der Waals surface area contributed by atoms with Crippen LogP contribution in [0.25, 0.3) is 0 Å². The quantitative estimate of drug-likeness (QED) is 0.468. The first-order valence-corrected chi connectivity index (χ1v) is 5.80. The highest BCUT2D eigenvalue weighted by atomic mass is 15.4. The maximum absolute atomic E-state index is 8.95. The molecule has 0 atom stereocenters. The van der Waals surface area contributed by atoms with E-state index in [1.807, 2.05) is 0 Å². The van der Waals surface area contributed by atoms with Gasteiger partial charge >= 0.3 is 0 Å². The molecule has 0 aromatic rings. The standard InChI is InChI=1S/C12H9N9/c13-1-10(2-14)19-5-12(21(7-17)8-18)6-20(9-19)11(3-15)4-16/h10-12H,5-6,9H2. The van der Waals surface area contributed by atoms with Crippen LogP contribution in [0.1, 0.15) is 0 Å². The van der Waals surface area contributed by atoms with E-state index < -0.39 is 18.1 Å². The van der Waals surface area contributed by atoms with Gasteiger partial charge in [0.25, 0.3) is 0 Å². The van der Waals surface area contributed by atoms with Crippen molar-refractivity contribution in [2.24, 2.45) is 0 Å². The fraction of sp³-hybridized carbons (Fsp3) is 0.500. The zero-order valence-corrected chi connectivity index (χ0v) is 10.9. The molecule has 21 heavy (non-hydrogen) atoms. The molecule has 1 aliphatic heterocycles. The van der Waals surface area contributed by atoms with Crippen LogP contribution in [0.2, 0.25) is 0 Å². The van der Waals surface area contributed by atoms with E-state index in [0.29, 0.717) is 0 Å². The molecule has 1 fully saturated rings. The summed E-state index contributed by atoms with van der Waals surface area (Å²) in [6, 6.07) is 4.43. The van der Waals surface area contributed by atoms with Crippen LogP contribution in [0, 0.1) is 68.2 Å². The molecule has 0 N–H and O–H groups in total. The minimum absolute atomic E-state index is 0.0682. The third kappa shape index (κ3) is 3.36. The molecule has 0 aromatic carbocycles. The lowest BCUT2D eigenvalue weighted by Gasteiger charge is -2.41. The zero-order chi connectivity index (χ0) is 15.8. The van der Waals surface area contributed by atoms with Crippen LogP contribution < -0.4 is 0 Å². The molecule has 0 unspecified atom stereocenters. The number of hydrogen-bond acceptors (Lipinski definition) is 9. The molecule has 0 spiro atoms. The lowest BCUT2D eigenvalue weighted by Crippen LogP contribution is -2.60. The third-order valence-corrected chi connectivity index (χ3v) is 3.05. The van der Waals surface area contributed by atoms with Gasteiger partial charge in [0, 0.05) is 13.1 Å². The van der Waals surface area contributed by atoms with Crippen molar-refractivity contribution < 1.29 is 0 Å². The van der Waals surface area contributed by atoms with E-state index in [1.54, 1.807) is 36.7 Å². The predicted molar refractivity (Wildman–Crippen MR) is 65.2 cm³/mol.